The summed E-state index contributed by atoms with van der Waals surface area (Å²) in [5.74, 6) is -1.19. The molecule has 2 N–H and O–H groups in total. The van der Waals surface area contributed by atoms with Crippen LogP contribution in [0.3, 0.4) is 0 Å². The van der Waals surface area contributed by atoms with Gasteiger partial charge in [0.25, 0.3) is 0 Å². The molecule has 10 heteroatoms. The predicted octanol–water partition coefficient (Wildman–Crippen LogP) is 0.657. The number of amides is 2. The second-order valence-corrected chi connectivity index (χ2v) is 4.36. The molecule has 1 aromatic carbocycles. The second kappa shape index (κ2) is 6.76. The highest BCUT2D eigenvalue weighted by Gasteiger charge is 2.18. The zero-order valence-electron chi connectivity index (χ0n) is 11.7. The summed E-state index contributed by atoms with van der Waals surface area (Å²) in [6.07, 6.45) is 2.47. The Morgan fingerprint density at radius 2 is 1.73 bits per heavy atom. The molecule has 1 heterocycles. The smallest absolute Gasteiger partial charge is 0.328 e. The van der Waals surface area contributed by atoms with Crippen molar-refractivity contribution in [3.63, 3.8) is 0 Å². The summed E-state index contributed by atoms with van der Waals surface area (Å²) in [6.45, 7) is 0. The standard InChI is InChI=1S/C12H12ClN5O4/c1-21-9-4-8(10(22-2)3-7(9)13)16-11(19)12(20)17-18-5-14-15-6-18/h3-6H,1-2H3,(H,16,19)(H,17,20). The minimum absolute atomic E-state index is 0.243. The second-order valence-electron chi connectivity index (χ2n) is 3.95. The van der Waals surface area contributed by atoms with Crippen LogP contribution in [0.5, 0.6) is 11.5 Å². The lowest BCUT2D eigenvalue weighted by molar-refractivity contribution is -0.133. The van der Waals surface area contributed by atoms with E-state index in [1.807, 2.05) is 0 Å². The Balaban J connectivity index is 2.15. The first kappa shape index (κ1) is 15.6. The summed E-state index contributed by atoms with van der Waals surface area (Å²) < 4.78 is 11.3. The number of anilines is 1. The van der Waals surface area contributed by atoms with Gasteiger partial charge in [0.15, 0.2) is 0 Å². The number of hydrogen-bond acceptors (Lipinski definition) is 6. The third-order valence-corrected chi connectivity index (χ3v) is 2.87. The lowest BCUT2D eigenvalue weighted by Crippen LogP contribution is -2.33. The van der Waals surface area contributed by atoms with E-state index in [-0.39, 0.29) is 11.4 Å². The van der Waals surface area contributed by atoms with Crippen molar-refractivity contribution in [2.24, 2.45) is 0 Å². The quantitative estimate of drug-likeness (QED) is 0.799. The van der Waals surface area contributed by atoms with E-state index in [0.717, 1.165) is 4.68 Å². The van der Waals surface area contributed by atoms with E-state index in [1.165, 1.54) is 39.0 Å². The van der Waals surface area contributed by atoms with Crippen LogP contribution < -0.4 is 20.2 Å². The van der Waals surface area contributed by atoms with Gasteiger partial charge >= 0.3 is 11.8 Å². The number of carbonyl (C=O) groups excluding carboxylic acids is 2. The first-order valence-electron chi connectivity index (χ1n) is 5.93. The largest absolute Gasteiger partial charge is 0.495 e. The number of aromatic nitrogens is 3. The number of ether oxygens (including phenoxy) is 2. The van der Waals surface area contributed by atoms with Gasteiger partial charge in [0.05, 0.1) is 24.9 Å². The van der Waals surface area contributed by atoms with E-state index < -0.39 is 11.8 Å². The number of nitrogens with one attached hydrogen (secondary N) is 2. The summed E-state index contributed by atoms with van der Waals surface area (Å²) in [5.41, 5.74) is 2.51. The molecular weight excluding hydrogens is 314 g/mol. The normalized spacial score (nSPS) is 9.95. The van der Waals surface area contributed by atoms with Crippen LogP contribution >= 0.6 is 11.6 Å². The van der Waals surface area contributed by atoms with Gasteiger partial charge in [-0.15, -0.1) is 10.2 Å². The van der Waals surface area contributed by atoms with Crippen LogP contribution in [-0.4, -0.2) is 40.9 Å². The van der Waals surface area contributed by atoms with E-state index in [9.17, 15) is 9.59 Å². The Bertz CT molecular complexity index is 689. The maximum absolute atomic E-state index is 11.9. The van der Waals surface area contributed by atoms with Crippen LogP contribution in [0.1, 0.15) is 0 Å². The van der Waals surface area contributed by atoms with Gasteiger partial charge < -0.3 is 14.8 Å². The summed E-state index contributed by atoms with van der Waals surface area (Å²) >= 11 is 5.96. The number of halogens is 1. The Labute approximate surface area is 130 Å². The summed E-state index contributed by atoms with van der Waals surface area (Å²) in [7, 11) is 2.84. The van der Waals surface area contributed by atoms with Crippen LogP contribution in [0.25, 0.3) is 0 Å². The van der Waals surface area contributed by atoms with E-state index in [0.29, 0.717) is 10.8 Å². The van der Waals surface area contributed by atoms with Gasteiger partial charge in [-0.05, 0) is 0 Å². The Morgan fingerprint density at radius 3 is 2.32 bits per heavy atom. The molecule has 0 aliphatic rings. The monoisotopic (exact) mass is 325 g/mol. The molecule has 0 atom stereocenters. The lowest BCUT2D eigenvalue weighted by Gasteiger charge is -2.13. The number of nitrogens with zero attached hydrogens (tertiary/aromatic N) is 3. The fourth-order valence-corrected chi connectivity index (χ4v) is 1.79. The SMILES string of the molecule is COc1cc(NC(=O)C(=O)Nn2cnnc2)c(OC)cc1Cl. The third-order valence-electron chi connectivity index (χ3n) is 2.58. The van der Waals surface area contributed by atoms with Crippen LogP contribution in [0, 0.1) is 0 Å². The van der Waals surface area contributed by atoms with E-state index in [4.69, 9.17) is 21.1 Å². The predicted molar refractivity (Wildman–Crippen MR) is 77.6 cm³/mol. The van der Waals surface area contributed by atoms with Crippen molar-refractivity contribution in [1.82, 2.24) is 14.9 Å². The first-order chi connectivity index (χ1) is 10.5. The average Bonchev–Trinajstić information content (AvgIpc) is 3.01. The van der Waals surface area contributed by atoms with Crippen molar-refractivity contribution in [2.75, 3.05) is 25.0 Å². The van der Waals surface area contributed by atoms with Gasteiger partial charge in [0, 0.05) is 12.1 Å². The Morgan fingerprint density at radius 1 is 1.09 bits per heavy atom. The van der Waals surface area contributed by atoms with Crippen molar-refractivity contribution in [2.45, 2.75) is 0 Å². The molecule has 0 fully saturated rings. The highest BCUT2D eigenvalue weighted by Crippen LogP contribution is 2.35. The molecule has 0 radical (unpaired) electrons. The van der Waals surface area contributed by atoms with Crippen molar-refractivity contribution >= 4 is 29.1 Å². The molecule has 22 heavy (non-hydrogen) atoms. The van der Waals surface area contributed by atoms with Crippen LogP contribution in [-0.2, 0) is 9.59 Å². The van der Waals surface area contributed by atoms with Crippen molar-refractivity contribution in [3.05, 3.63) is 29.8 Å². The number of hydrogen-bond donors (Lipinski definition) is 2. The van der Waals surface area contributed by atoms with Crippen LogP contribution in [0.15, 0.2) is 24.8 Å². The highest BCUT2D eigenvalue weighted by molar-refractivity contribution is 6.42. The number of methoxy groups -OCH3 is 2. The van der Waals surface area contributed by atoms with Crippen molar-refractivity contribution in [1.29, 1.82) is 0 Å². The molecule has 0 saturated heterocycles. The minimum Gasteiger partial charge on any atom is -0.495 e. The minimum atomic E-state index is -0.907. The molecule has 0 aliphatic heterocycles. The molecule has 0 bridgehead atoms. The van der Waals surface area contributed by atoms with Crippen LogP contribution in [0.2, 0.25) is 5.02 Å². The molecule has 0 saturated carbocycles. The molecule has 0 aliphatic carbocycles. The molecule has 2 amide bonds. The summed E-state index contributed by atoms with van der Waals surface area (Å²) in [6, 6.07) is 2.92. The summed E-state index contributed by atoms with van der Waals surface area (Å²) in [5, 5.41) is 9.71. The molecule has 0 spiro atoms. The van der Waals surface area contributed by atoms with Gasteiger partial charge in [-0.25, -0.2) is 4.68 Å². The topological polar surface area (TPSA) is 107 Å². The van der Waals surface area contributed by atoms with Gasteiger partial charge in [0.1, 0.15) is 24.2 Å². The molecule has 1 aromatic heterocycles. The average molecular weight is 326 g/mol. The number of benzene rings is 1. The third kappa shape index (κ3) is 3.44. The molecule has 116 valence electrons. The molecule has 9 nitrogen and oxygen atoms in total. The van der Waals surface area contributed by atoms with Crippen LogP contribution in [0.4, 0.5) is 5.69 Å². The molecule has 2 rings (SSSR count). The maximum Gasteiger partial charge on any atom is 0.328 e. The maximum atomic E-state index is 11.9. The van der Waals surface area contributed by atoms with E-state index >= 15 is 0 Å². The van der Waals surface area contributed by atoms with Crippen molar-refractivity contribution < 1.29 is 19.1 Å². The molecular formula is C12H12ClN5O4. The fraction of sp³-hybridized carbons (Fsp3) is 0.167. The van der Waals surface area contributed by atoms with Crippen molar-refractivity contribution in [3.8, 4) is 11.5 Å². The van der Waals surface area contributed by atoms with Gasteiger partial charge in [0.2, 0.25) is 0 Å². The van der Waals surface area contributed by atoms with Gasteiger partial charge in [-0.1, -0.05) is 11.6 Å². The van der Waals surface area contributed by atoms with E-state index in [1.54, 1.807) is 0 Å². The first-order valence-corrected chi connectivity index (χ1v) is 6.31. The zero-order valence-corrected chi connectivity index (χ0v) is 12.4. The fourth-order valence-electron chi connectivity index (χ4n) is 1.56. The van der Waals surface area contributed by atoms with E-state index in [2.05, 4.69) is 20.9 Å². The Hall–Kier alpha value is -2.81. The molecule has 0 unspecified atom stereocenters. The number of carbonyl (C=O) groups is 2. The Kier molecular flexibility index (Phi) is 4.79. The number of rotatable bonds is 4. The van der Waals surface area contributed by atoms with Gasteiger partial charge in [-0.2, -0.15) is 0 Å². The highest BCUT2D eigenvalue weighted by atomic mass is 35.5. The summed E-state index contributed by atoms with van der Waals surface area (Å²) in [4.78, 5) is 23.6. The molecule has 2 aromatic rings. The van der Waals surface area contributed by atoms with Gasteiger partial charge in [-0.3, -0.25) is 15.0 Å². The zero-order chi connectivity index (χ0) is 16.1. The lowest BCUT2D eigenvalue weighted by atomic mass is 10.2.